The van der Waals surface area contributed by atoms with Gasteiger partial charge in [-0.15, -0.1) is 0 Å². The maximum atomic E-state index is 13.9. The molecular weight excluding hydrogens is 480 g/mol. The van der Waals surface area contributed by atoms with Crippen molar-refractivity contribution < 1.29 is 18.4 Å². The molecule has 190 valence electrons. The number of fused-ring (bicyclic) bond motifs is 2. The Morgan fingerprint density at radius 3 is 2.36 bits per heavy atom. The first kappa shape index (κ1) is 24.6. The second-order valence-corrected chi connectivity index (χ2v) is 11.6. The highest BCUT2D eigenvalue weighted by molar-refractivity contribution is 7.89. The zero-order valence-electron chi connectivity index (χ0n) is 20.3. The number of carbonyl (C=O) groups excluding carboxylic acids is 1. The number of nitrogens with zero attached hydrogens (tertiary/aromatic N) is 5. The van der Waals surface area contributed by atoms with Crippen molar-refractivity contribution in [3.05, 3.63) is 60.4 Å². The highest BCUT2D eigenvalue weighted by Gasteiger charge is 2.61. The molecule has 3 aromatic rings. The van der Waals surface area contributed by atoms with Crippen LogP contribution in [0.1, 0.15) is 16.8 Å². The largest absolute Gasteiger partial charge is 0.340 e. The molecule has 36 heavy (non-hydrogen) atoms. The second-order valence-electron chi connectivity index (χ2n) is 9.72. The fraction of sp³-hybridized carbons (Fsp3) is 0.400. The number of aromatic nitrogens is 2. The van der Waals surface area contributed by atoms with Gasteiger partial charge in [0.25, 0.3) is 5.91 Å². The van der Waals surface area contributed by atoms with Gasteiger partial charge in [0, 0.05) is 38.1 Å². The third-order valence-electron chi connectivity index (χ3n) is 7.08. The maximum absolute atomic E-state index is 13.9. The summed E-state index contributed by atoms with van der Waals surface area (Å²) >= 11 is 0. The monoisotopic (exact) mass is 510 g/mol. The summed E-state index contributed by atoms with van der Waals surface area (Å²) in [6.07, 6.45) is 3.48. The molecule has 1 amide bonds. The number of hydroxylamine groups is 1. The van der Waals surface area contributed by atoms with Gasteiger partial charge in [0.1, 0.15) is 0 Å². The van der Waals surface area contributed by atoms with E-state index in [1.165, 1.54) is 12.4 Å². The number of hydrogen-bond donors (Lipinski definition) is 2. The molecule has 1 aliphatic carbocycles. The van der Waals surface area contributed by atoms with Crippen molar-refractivity contribution in [3.63, 3.8) is 0 Å². The van der Waals surface area contributed by atoms with Gasteiger partial charge in [0.05, 0.1) is 10.5 Å². The molecule has 1 aromatic heterocycles. The lowest BCUT2D eigenvalue weighted by molar-refractivity contribution is 0.0705. The van der Waals surface area contributed by atoms with E-state index in [0.717, 1.165) is 23.7 Å². The maximum Gasteiger partial charge on any atom is 0.277 e. The van der Waals surface area contributed by atoms with Gasteiger partial charge in [-0.2, -0.15) is 4.31 Å². The summed E-state index contributed by atoms with van der Waals surface area (Å²) in [5, 5.41) is 10.7. The van der Waals surface area contributed by atoms with Crippen molar-refractivity contribution in [1.82, 2.24) is 24.7 Å². The molecule has 2 N–H and O–H groups in total. The van der Waals surface area contributed by atoms with Crippen molar-refractivity contribution in [2.75, 3.05) is 45.2 Å². The zero-order chi connectivity index (χ0) is 25.4. The smallest absolute Gasteiger partial charge is 0.277 e. The van der Waals surface area contributed by atoms with Gasteiger partial charge in [-0.05, 0) is 61.8 Å². The second kappa shape index (κ2) is 9.74. The van der Waals surface area contributed by atoms with Crippen molar-refractivity contribution in [2.45, 2.75) is 17.4 Å². The molecule has 1 saturated carbocycles. The van der Waals surface area contributed by atoms with Crippen molar-refractivity contribution >= 4 is 32.7 Å². The quantitative estimate of drug-likeness (QED) is 0.331. The minimum atomic E-state index is -3.67. The van der Waals surface area contributed by atoms with Crippen LogP contribution in [-0.2, 0) is 10.0 Å². The number of carbonyl (C=O) groups is 1. The summed E-state index contributed by atoms with van der Waals surface area (Å²) in [7, 11) is 0.302. The van der Waals surface area contributed by atoms with Crippen LogP contribution in [0.2, 0.25) is 0 Å². The van der Waals surface area contributed by atoms with E-state index in [1.54, 1.807) is 21.9 Å². The topological polar surface area (TPSA) is 119 Å². The van der Waals surface area contributed by atoms with E-state index in [2.05, 4.69) is 14.9 Å². The van der Waals surface area contributed by atoms with Gasteiger partial charge < -0.3 is 9.80 Å². The van der Waals surface area contributed by atoms with Crippen LogP contribution in [0, 0.1) is 11.8 Å². The third kappa shape index (κ3) is 4.66. The van der Waals surface area contributed by atoms with E-state index in [0.29, 0.717) is 30.5 Å². The standard InChI is InChI=1S/C25H30N6O4S/c1-29(2)10-5-11-31(36(34,35)20-9-8-17-6-3-4-7-18(17)12-20)23-21-15-30(16-22(21)23)25-26-13-19(14-27-25)24(32)28-33/h3-4,6-9,12-14,21-23,33H,5,10-11,15-16H2,1-2H3,(H,28,32). The average molecular weight is 511 g/mol. The van der Waals surface area contributed by atoms with Crippen LogP contribution in [0.25, 0.3) is 10.8 Å². The Hall–Kier alpha value is -3.12. The minimum Gasteiger partial charge on any atom is -0.340 e. The number of hydrogen-bond acceptors (Lipinski definition) is 8. The van der Waals surface area contributed by atoms with Crippen LogP contribution in [0.15, 0.2) is 59.8 Å². The van der Waals surface area contributed by atoms with Crippen LogP contribution in [0.3, 0.4) is 0 Å². The third-order valence-corrected chi connectivity index (χ3v) is 8.97. The van der Waals surface area contributed by atoms with Gasteiger partial charge in [-0.1, -0.05) is 30.3 Å². The molecular formula is C25H30N6O4S. The summed E-state index contributed by atoms with van der Waals surface area (Å²) in [5.41, 5.74) is 1.73. The van der Waals surface area contributed by atoms with E-state index in [4.69, 9.17) is 5.21 Å². The molecule has 2 atom stereocenters. The molecule has 0 spiro atoms. The fourth-order valence-corrected chi connectivity index (χ4v) is 6.98. The summed E-state index contributed by atoms with van der Waals surface area (Å²) in [5.74, 6) is 0.220. The molecule has 2 unspecified atom stereocenters. The van der Waals surface area contributed by atoms with Crippen molar-refractivity contribution in [3.8, 4) is 0 Å². The highest BCUT2D eigenvalue weighted by Crippen LogP contribution is 2.51. The molecule has 5 rings (SSSR count). The average Bonchev–Trinajstić information content (AvgIpc) is 3.35. The van der Waals surface area contributed by atoms with Gasteiger partial charge >= 0.3 is 0 Å². The van der Waals surface area contributed by atoms with Crippen LogP contribution in [-0.4, -0.2) is 85.0 Å². The number of anilines is 1. The van der Waals surface area contributed by atoms with Crippen LogP contribution < -0.4 is 10.4 Å². The normalized spacial score (nSPS) is 21.2. The summed E-state index contributed by atoms with van der Waals surface area (Å²) in [6.45, 7) is 2.57. The van der Waals surface area contributed by atoms with E-state index < -0.39 is 15.9 Å². The molecule has 0 radical (unpaired) electrons. The lowest BCUT2D eigenvalue weighted by Gasteiger charge is -2.27. The number of benzene rings is 2. The first-order valence-electron chi connectivity index (χ1n) is 12.0. The molecule has 2 fully saturated rings. The Balaban J connectivity index is 1.34. The van der Waals surface area contributed by atoms with Crippen LogP contribution in [0.4, 0.5) is 5.95 Å². The van der Waals surface area contributed by atoms with E-state index in [9.17, 15) is 13.2 Å². The zero-order valence-corrected chi connectivity index (χ0v) is 21.1. The Labute approximate surface area is 210 Å². The molecule has 0 bridgehead atoms. The van der Waals surface area contributed by atoms with Crippen LogP contribution in [0.5, 0.6) is 0 Å². The van der Waals surface area contributed by atoms with Gasteiger partial charge in [-0.25, -0.2) is 23.9 Å². The number of nitrogens with one attached hydrogen (secondary N) is 1. The molecule has 2 heterocycles. The number of sulfonamides is 1. The Morgan fingerprint density at radius 1 is 1.06 bits per heavy atom. The predicted octanol–water partition coefficient (Wildman–Crippen LogP) is 1.83. The van der Waals surface area contributed by atoms with Gasteiger partial charge in [0.2, 0.25) is 16.0 Å². The fourth-order valence-electron chi connectivity index (χ4n) is 5.19. The Morgan fingerprint density at radius 2 is 1.72 bits per heavy atom. The van der Waals surface area contributed by atoms with E-state index in [1.807, 2.05) is 49.3 Å². The molecule has 1 aliphatic heterocycles. The number of rotatable bonds is 9. The summed E-state index contributed by atoms with van der Waals surface area (Å²) in [4.78, 5) is 24.4. The summed E-state index contributed by atoms with van der Waals surface area (Å²) < 4.78 is 29.4. The van der Waals surface area contributed by atoms with E-state index >= 15 is 0 Å². The molecule has 10 nitrogen and oxygen atoms in total. The summed E-state index contributed by atoms with van der Waals surface area (Å²) in [6, 6.07) is 13.1. The highest BCUT2D eigenvalue weighted by atomic mass is 32.2. The first-order chi connectivity index (χ1) is 17.3. The lowest BCUT2D eigenvalue weighted by Crippen LogP contribution is -2.40. The van der Waals surface area contributed by atoms with Gasteiger partial charge in [0.15, 0.2) is 0 Å². The molecule has 2 aromatic carbocycles. The number of amides is 1. The Bertz CT molecular complexity index is 1350. The van der Waals surface area contributed by atoms with Crippen molar-refractivity contribution in [1.29, 1.82) is 0 Å². The first-order valence-corrected chi connectivity index (χ1v) is 13.4. The molecule has 2 aliphatic rings. The van der Waals surface area contributed by atoms with Crippen LogP contribution >= 0.6 is 0 Å². The van der Waals surface area contributed by atoms with E-state index in [-0.39, 0.29) is 23.4 Å². The Kier molecular flexibility index (Phi) is 6.64. The number of piperidine rings is 1. The minimum absolute atomic E-state index is 0.0562. The lowest BCUT2D eigenvalue weighted by atomic mass is 10.1. The molecule has 11 heteroatoms. The predicted molar refractivity (Wildman–Crippen MR) is 135 cm³/mol. The van der Waals surface area contributed by atoms with Gasteiger partial charge in [-0.3, -0.25) is 10.0 Å². The molecule has 1 saturated heterocycles. The van der Waals surface area contributed by atoms with Crippen molar-refractivity contribution in [2.24, 2.45) is 11.8 Å². The SMILES string of the molecule is CN(C)CCCN(C1C2CN(c3ncc(C(=O)NO)cn3)CC21)S(=O)(=O)c1ccc2ccccc2c1.